The minimum Gasteiger partial charge on any atom is -0.267 e. The van der Waals surface area contributed by atoms with Gasteiger partial charge in [-0.25, -0.2) is 0 Å². The topological polar surface area (TPSA) is 49.7 Å². The molecule has 0 aromatic heterocycles. The van der Waals surface area contributed by atoms with Crippen LogP contribution in [0.2, 0.25) is 0 Å². The third-order valence-electron chi connectivity index (χ3n) is 1.79. The molecule has 1 amide bonds. The molecular formula is C9H10N2O2. The van der Waals surface area contributed by atoms with E-state index in [2.05, 4.69) is 5.29 Å². The van der Waals surface area contributed by atoms with Gasteiger partial charge in [-0.15, -0.1) is 4.91 Å². The number of nitrogens with zero attached hydrogens (tertiary/aromatic N) is 2. The minimum absolute atomic E-state index is 0.381. The van der Waals surface area contributed by atoms with E-state index in [1.165, 1.54) is 7.05 Å². The van der Waals surface area contributed by atoms with Crippen molar-refractivity contribution < 1.29 is 4.79 Å². The fraction of sp³-hybridized carbons (Fsp3) is 0.222. The monoisotopic (exact) mass is 178 g/mol. The van der Waals surface area contributed by atoms with E-state index in [1.807, 2.05) is 19.1 Å². The summed E-state index contributed by atoms with van der Waals surface area (Å²) in [6.45, 7) is 1.81. The summed E-state index contributed by atoms with van der Waals surface area (Å²) in [4.78, 5) is 21.5. The molecule has 0 heterocycles. The van der Waals surface area contributed by atoms with Gasteiger partial charge in [0.15, 0.2) is 0 Å². The summed E-state index contributed by atoms with van der Waals surface area (Å²) in [6.07, 6.45) is 0. The number of nitroso groups, excluding NO2 is 1. The molecule has 0 unspecified atom stereocenters. The Kier molecular flexibility index (Phi) is 2.74. The molecule has 0 fully saturated rings. The maximum absolute atomic E-state index is 11.4. The Bertz CT molecular complexity index is 336. The lowest BCUT2D eigenvalue weighted by Crippen LogP contribution is -2.21. The lowest BCUT2D eigenvalue weighted by molar-refractivity contribution is 0.0796. The molecule has 0 saturated heterocycles. The number of carbonyl (C=O) groups is 1. The summed E-state index contributed by atoms with van der Waals surface area (Å²) in [5.74, 6) is -0.381. The Hall–Kier alpha value is -1.71. The van der Waals surface area contributed by atoms with Gasteiger partial charge < -0.3 is 0 Å². The van der Waals surface area contributed by atoms with Crippen LogP contribution in [0.5, 0.6) is 0 Å². The summed E-state index contributed by atoms with van der Waals surface area (Å²) in [6, 6.07) is 7.06. The Morgan fingerprint density at radius 3 is 2.54 bits per heavy atom. The van der Waals surface area contributed by atoms with Gasteiger partial charge in [-0.2, -0.15) is 5.01 Å². The van der Waals surface area contributed by atoms with Crippen LogP contribution in [0.15, 0.2) is 29.6 Å². The molecular weight excluding hydrogens is 168 g/mol. The smallest absolute Gasteiger partial charge is 0.267 e. The number of benzene rings is 1. The molecule has 0 aliphatic carbocycles. The van der Waals surface area contributed by atoms with Crippen LogP contribution in [0, 0.1) is 11.8 Å². The highest BCUT2D eigenvalue weighted by molar-refractivity contribution is 5.95. The number of aryl methyl sites for hydroxylation is 1. The molecule has 0 aliphatic heterocycles. The van der Waals surface area contributed by atoms with Crippen LogP contribution < -0.4 is 0 Å². The molecule has 4 heteroatoms. The molecule has 0 saturated carbocycles. The quantitative estimate of drug-likeness (QED) is 0.511. The predicted molar refractivity (Wildman–Crippen MR) is 49.1 cm³/mol. The van der Waals surface area contributed by atoms with E-state index in [0.29, 0.717) is 5.56 Å². The Morgan fingerprint density at radius 1 is 1.38 bits per heavy atom. The largest absolute Gasteiger partial charge is 0.276 e. The first-order chi connectivity index (χ1) is 6.16. The van der Waals surface area contributed by atoms with Crippen molar-refractivity contribution in [2.24, 2.45) is 5.29 Å². The van der Waals surface area contributed by atoms with Crippen molar-refractivity contribution in [2.75, 3.05) is 7.05 Å². The lowest BCUT2D eigenvalue weighted by Gasteiger charge is -2.08. The lowest BCUT2D eigenvalue weighted by atomic mass is 10.1. The maximum Gasteiger partial charge on any atom is 0.276 e. The van der Waals surface area contributed by atoms with Gasteiger partial charge >= 0.3 is 0 Å². The number of hydrogen-bond donors (Lipinski definition) is 0. The summed E-state index contributed by atoms with van der Waals surface area (Å²) in [5.41, 5.74) is 1.34. The standard InChI is InChI=1S/C9H10N2O2/c1-7-5-3-4-6-8(7)9(12)11(2)10-13/h3-6H,1-2H3. The average molecular weight is 178 g/mol. The Labute approximate surface area is 76.1 Å². The highest BCUT2D eigenvalue weighted by atomic mass is 16.3. The molecule has 4 nitrogen and oxygen atoms in total. The molecule has 13 heavy (non-hydrogen) atoms. The predicted octanol–water partition coefficient (Wildman–Crippen LogP) is 1.75. The second-order valence-electron chi connectivity index (χ2n) is 2.73. The number of amides is 1. The molecule has 0 spiro atoms. The van der Waals surface area contributed by atoms with E-state index in [4.69, 9.17) is 0 Å². The fourth-order valence-corrected chi connectivity index (χ4v) is 1.02. The highest BCUT2D eigenvalue weighted by Crippen LogP contribution is 2.09. The molecule has 0 atom stereocenters. The molecule has 68 valence electrons. The highest BCUT2D eigenvalue weighted by Gasteiger charge is 2.12. The van der Waals surface area contributed by atoms with Gasteiger partial charge in [0.1, 0.15) is 0 Å². The van der Waals surface area contributed by atoms with Crippen LogP contribution in [0.1, 0.15) is 15.9 Å². The summed E-state index contributed by atoms with van der Waals surface area (Å²) >= 11 is 0. The van der Waals surface area contributed by atoms with E-state index >= 15 is 0 Å². The third-order valence-corrected chi connectivity index (χ3v) is 1.79. The van der Waals surface area contributed by atoms with Gasteiger partial charge in [0.2, 0.25) is 0 Å². The number of hydrogen-bond acceptors (Lipinski definition) is 3. The maximum atomic E-state index is 11.4. The van der Waals surface area contributed by atoms with Crippen molar-refractivity contribution in [3.63, 3.8) is 0 Å². The summed E-state index contributed by atoms with van der Waals surface area (Å²) in [5, 5.41) is 3.32. The molecule has 0 N–H and O–H groups in total. The van der Waals surface area contributed by atoms with Crippen molar-refractivity contribution in [1.29, 1.82) is 0 Å². The van der Waals surface area contributed by atoms with E-state index in [-0.39, 0.29) is 5.91 Å². The molecule has 0 aliphatic rings. The second kappa shape index (κ2) is 3.80. The Balaban J connectivity index is 3.02. The first kappa shape index (κ1) is 9.38. The van der Waals surface area contributed by atoms with Crippen LogP contribution in [0.3, 0.4) is 0 Å². The van der Waals surface area contributed by atoms with E-state index < -0.39 is 0 Å². The van der Waals surface area contributed by atoms with Gasteiger partial charge in [0.25, 0.3) is 5.91 Å². The summed E-state index contributed by atoms with van der Waals surface area (Å²) < 4.78 is 0. The zero-order valence-corrected chi connectivity index (χ0v) is 7.52. The van der Waals surface area contributed by atoms with Gasteiger partial charge in [0.05, 0.1) is 5.29 Å². The SMILES string of the molecule is Cc1ccccc1C(=O)N(C)N=O. The van der Waals surface area contributed by atoms with Crippen molar-refractivity contribution >= 4 is 5.91 Å². The molecule has 1 rings (SSSR count). The zero-order chi connectivity index (χ0) is 9.84. The van der Waals surface area contributed by atoms with Gasteiger partial charge in [-0.1, -0.05) is 18.2 Å². The molecule has 1 aromatic rings. The van der Waals surface area contributed by atoms with Crippen LogP contribution in [0.4, 0.5) is 0 Å². The van der Waals surface area contributed by atoms with Gasteiger partial charge in [0, 0.05) is 12.6 Å². The van der Waals surface area contributed by atoms with Crippen LogP contribution in [-0.4, -0.2) is 18.0 Å². The summed E-state index contributed by atoms with van der Waals surface area (Å²) in [7, 11) is 1.34. The Morgan fingerprint density at radius 2 is 2.00 bits per heavy atom. The van der Waals surface area contributed by atoms with Crippen molar-refractivity contribution in [1.82, 2.24) is 5.01 Å². The molecule has 0 bridgehead atoms. The first-order valence-electron chi connectivity index (χ1n) is 3.83. The van der Waals surface area contributed by atoms with Gasteiger partial charge in [-0.05, 0) is 18.6 Å². The number of rotatable bonds is 2. The van der Waals surface area contributed by atoms with E-state index in [0.717, 1.165) is 10.6 Å². The van der Waals surface area contributed by atoms with Crippen LogP contribution in [0.25, 0.3) is 0 Å². The molecule has 1 aromatic carbocycles. The zero-order valence-electron chi connectivity index (χ0n) is 7.52. The first-order valence-corrected chi connectivity index (χ1v) is 3.83. The van der Waals surface area contributed by atoms with Gasteiger partial charge in [-0.3, -0.25) is 4.79 Å². The van der Waals surface area contributed by atoms with E-state index in [9.17, 15) is 9.70 Å². The van der Waals surface area contributed by atoms with Crippen LogP contribution in [-0.2, 0) is 0 Å². The average Bonchev–Trinajstić information content (AvgIpc) is 2.16. The number of carbonyl (C=O) groups excluding carboxylic acids is 1. The third kappa shape index (κ3) is 1.90. The van der Waals surface area contributed by atoms with Crippen molar-refractivity contribution in [2.45, 2.75) is 6.92 Å². The molecule has 0 radical (unpaired) electrons. The normalized spacial score (nSPS) is 9.38. The fourth-order valence-electron chi connectivity index (χ4n) is 1.02. The van der Waals surface area contributed by atoms with E-state index in [1.54, 1.807) is 12.1 Å². The second-order valence-corrected chi connectivity index (χ2v) is 2.73. The van der Waals surface area contributed by atoms with Crippen molar-refractivity contribution in [3.8, 4) is 0 Å². The van der Waals surface area contributed by atoms with Crippen LogP contribution >= 0.6 is 0 Å². The minimum atomic E-state index is -0.381. The van der Waals surface area contributed by atoms with Crippen molar-refractivity contribution in [3.05, 3.63) is 40.3 Å².